The molecule has 0 atom stereocenters. The van der Waals surface area contributed by atoms with Crippen LogP contribution in [-0.2, 0) is 16.1 Å². The summed E-state index contributed by atoms with van der Waals surface area (Å²) in [5, 5.41) is 5.16. The average molecular weight is 336 g/mol. The summed E-state index contributed by atoms with van der Waals surface area (Å²) in [6.45, 7) is 1.96. The quantitative estimate of drug-likeness (QED) is 0.779. The van der Waals surface area contributed by atoms with Gasteiger partial charge in [0.05, 0.1) is 12.8 Å². The predicted octanol–water partition coefficient (Wildman–Crippen LogP) is 0.406. The van der Waals surface area contributed by atoms with E-state index in [2.05, 4.69) is 10.6 Å². The maximum absolute atomic E-state index is 11.9. The Morgan fingerprint density at radius 3 is 2.46 bits per heavy atom. The van der Waals surface area contributed by atoms with Crippen LogP contribution in [-0.4, -0.2) is 61.4 Å². The number of piperidine rings is 1. The molecular formula is C16H24N4O4. The van der Waals surface area contributed by atoms with E-state index in [-0.39, 0.29) is 18.5 Å². The monoisotopic (exact) mass is 336 g/mol. The van der Waals surface area contributed by atoms with Gasteiger partial charge < -0.3 is 24.9 Å². The Kier molecular flexibility index (Phi) is 6.22. The average Bonchev–Trinajstić information content (AvgIpc) is 3.10. The van der Waals surface area contributed by atoms with Gasteiger partial charge in [0.1, 0.15) is 5.76 Å². The van der Waals surface area contributed by atoms with Crippen molar-refractivity contribution in [3.05, 3.63) is 24.2 Å². The van der Waals surface area contributed by atoms with Crippen molar-refractivity contribution in [1.82, 2.24) is 20.4 Å². The first kappa shape index (κ1) is 17.8. The lowest BCUT2D eigenvalue weighted by Gasteiger charge is -2.33. The molecule has 1 aromatic heterocycles. The molecule has 1 aromatic rings. The number of carbonyl (C=O) groups is 3. The van der Waals surface area contributed by atoms with Gasteiger partial charge in [-0.2, -0.15) is 0 Å². The molecule has 0 aromatic carbocycles. The van der Waals surface area contributed by atoms with Gasteiger partial charge in [0, 0.05) is 33.7 Å². The number of amides is 4. The van der Waals surface area contributed by atoms with Crippen LogP contribution in [0.1, 0.15) is 18.6 Å². The second-order valence-electron chi connectivity index (χ2n) is 6.08. The van der Waals surface area contributed by atoms with Gasteiger partial charge in [0.2, 0.25) is 0 Å². The van der Waals surface area contributed by atoms with Gasteiger partial charge in [0.15, 0.2) is 0 Å². The molecular weight excluding hydrogens is 312 g/mol. The Balaban J connectivity index is 1.65. The molecule has 1 saturated heterocycles. The molecule has 1 aliphatic rings. The second kappa shape index (κ2) is 8.37. The van der Waals surface area contributed by atoms with E-state index < -0.39 is 11.8 Å². The molecule has 132 valence electrons. The predicted molar refractivity (Wildman–Crippen MR) is 86.9 cm³/mol. The molecule has 8 heteroatoms. The number of hydrogen-bond donors (Lipinski definition) is 2. The lowest BCUT2D eigenvalue weighted by atomic mass is 9.97. The van der Waals surface area contributed by atoms with Crippen molar-refractivity contribution in [3.63, 3.8) is 0 Å². The smallest absolute Gasteiger partial charge is 0.319 e. The van der Waals surface area contributed by atoms with Gasteiger partial charge in [-0.05, 0) is 30.9 Å². The highest BCUT2D eigenvalue weighted by molar-refractivity contribution is 6.35. The minimum atomic E-state index is -0.674. The standard InChI is InChI=1S/C16H24N4O4/c1-19(2)16(23)20-7-5-12(6-8-20)10-17-14(21)15(22)18-11-13-4-3-9-24-13/h3-4,9,12H,5-8,10-11H2,1-2H3,(H,17,21)(H,18,22). The molecule has 2 N–H and O–H groups in total. The fraction of sp³-hybridized carbons (Fsp3) is 0.562. The lowest BCUT2D eigenvalue weighted by Crippen LogP contribution is -2.46. The number of nitrogens with one attached hydrogen (secondary N) is 2. The summed E-state index contributed by atoms with van der Waals surface area (Å²) >= 11 is 0. The maximum atomic E-state index is 11.9. The molecule has 4 amide bonds. The summed E-state index contributed by atoms with van der Waals surface area (Å²) in [5.74, 6) is -0.452. The van der Waals surface area contributed by atoms with Crippen LogP contribution in [0.5, 0.6) is 0 Å². The maximum Gasteiger partial charge on any atom is 0.319 e. The number of nitrogens with zero attached hydrogens (tertiary/aromatic N) is 2. The van der Waals surface area contributed by atoms with Crippen molar-refractivity contribution in [2.45, 2.75) is 19.4 Å². The van der Waals surface area contributed by atoms with Gasteiger partial charge in [-0.25, -0.2) is 4.79 Å². The fourth-order valence-electron chi connectivity index (χ4n) is 2.59. The highest BCUT2D eigenvalue weighted by Crippen LogP contribution is 2.17. The first-order chi connectivity index (χ1) is 11.5. The van der Waals surface area contributed by atoms with E-state index >= 15 is 0 Å². The topological polar surface area (TPSA) is 94.9 Å². The van der Waals surface area contributed by atoms with E-state index in [0.29, 0.717) is 25.4 Å². The normalized spacial score (nSPS) is 15.0. The zero-order chi connectivity index (χ0) is 17.5. The first-order valence-electron chi connectivity index (χ1n) is 8.02. The highest BCUT2D eigenvalue weighted by Gasteiger charge is 2.24. The molecule has 24 heavy (non-hydrogen) atoms. The number of carbonyl (C=O) groups excluding carboxylic acids is 3. The van der Waals surface area contributed by atoms with Crippen molar-refractivity contribution in [3.8, 4) is 0 Å². The summed E-state index contributed by atoms with van der Waals surface area (Å²) in [6, 6.07) is 3.45. The first-order valence-corrected chi connectivity index (χ1v) is 8.02. The fourth-order valence-corrected chi connectivity index (χ4v) is 2.59. The summed E-state index contributed by atoms with van der Waals surface area (Å²) < 4.78 is 5.08. The molecule has 1 aliphatic heterocycles. The highest BCUT2D eigenvalue weighted by atomic mass is 16.3. The van der Waals surface area contributed by atoms with Crippen LogP contribution in [0.2, 0.25) is 0 Å². The minimum absolute atomic E-state index is 0.00906. The number of hydrogen-bond acceptors (Lipinski definition) is 4. The van der Waals surface area contributed by atoms with Crippen LogP contribution < -0.4 is 10.6 Å². The van der Waals surface area contributed by atoms with Gasteiger partial charge in [-0.3, -0.25) is 9.59 Å². The molecule has 1 fully saturated rings. The molecule has 0 spiro atoms. The zero-order valence-electron chi connectivity index (χ0n) is 14.1. The van der Waals surface area contributed by atoms with Gasteiger partial charge >= 0.3 is 17.8 Å². The third-order valence-corrected chi connectivity index (χ3v) is 4.03. The van der Waals surface area contributed by atoms with Gasteiger partial charge in [-0.15, -0.1) is 0 Å². The molecule has 0 radical (unpaired) electrons. The number of urea groups is 1. The molecule has 2 heterocycles. The van der Waals surface area contributed by atoms with E-state index in [0.717, 1.165) is 12.8 Å². The summed E-state index contributed by atoms with van der Waals surface area (Å²) in [7, 11) is 3.46. The molecule has 0 aliphatic carbocycles. The van der Waals surface area contributed by atoms with Crippen LogP contribution in [0.15, 0.2) is 22.8 Å². The van der Waals surface area contributed by atoms with Crippen LogP contribution in [0.25, 0.3) is 0 Å². The van der Waals surface area contributed by atoms with E-state index in [1.54, 1.807) is 36.0 Å². The second-order valence-corrected chi connectivity index (χ2v) is 6.08. The molecule has 0 saturated carbocycles. The summed E-state index contributed by atoms with van der Waals surface area (Å²) in [5.41, 5.74) is 0. The van der Waals surface area contributed by atoms with Crippen LogP contribution in [0, 0.1) is 5.92 Å². The molecule has 2 rings (SSSR count). The Labute approximate surface area is 141 Å². The van der Waals surface area contributed by atoms with E-state index in [4.69, 9.17) is 4.42 Å². The minimum Gasteiger partial charge on any atom is -0.467 e. The SMILES string of the molecule is CN(C)C(=O)N1CCC(CNC(=O)C(=O)NCc2ccco2)CC1. The number of furan rings is 1. The Hall–Kier alpha value is -2.51. The molecule has 0 unspecified atom stereocenters. The van der Waals surface area contributed by atoms with E-state index in [1.165, 1.54) is 6.26 Å². The van der Waals surface area contributed by atoms with Crippen molar-refractivity contribution in [2.24, 2.45) is 5.92 Å². The van der Waals surface area contributed by atoms with Gasteiger partial charge in [0.25, 0.3) is 0 Å². The van der Waals surface area contributed by atoms with Crippen LogP contribution in [0.3, 0.4) is 0 Å². The Morgan fingerprint density at radius 2 is 1.88 bits per heavy atom. The van der Waals surface area contributed by atoms with Crippen LogP contribution in [0.4, 0.5) is 4.79 Å². The molecule has 8 nitrogen and oxygen atoms in total. The number of likely N-dealkylation sites (tertiary alicyclic amines) is 1. The van der Waals surface area contributed by atoms with Crippen LogP contribution >= 0.6 is 0 Å². The summed E-state index contributed by atoms with van der Waals surface area (Å²) in [6.07, 6.45) is 3.14. The van der Waals surface area contributed by atoms with Gasteiger partial charge in [-0.1, -0.05) is 0 Å². The number of rotatable bonds is 4. The van der Waals surface area contributed by atoms with E-state index in [1.807, 2.05) is 0 Å². The summed E-state index contributed by atoms with van der Waals surface area (Å²) in [4.78, 5) is 38.7. The van der Waals surface area contributed by atoms with Crippen molar-refractivity contribution in [1.29, 1.82) is 0 Å². The van der Waals surface area contributed by atoms with E-state index in [9.17, 15) is 14.4 Å². The molecule has 0 bridgehead atoms. The zero-order valence-corrected chi connectivity index (χ0v) is 14.1. The lowest BCUT2D eigenvalue weighted by molar-refractivity contribution is -0.139. The Bertz CT molecular complexity index is 563. The largest absolute Gasteiger partial charge is 0.467 e. The van der Waals surface area contributed by atoms with Crippen molar-refractivity contribution >= 4 is 17.8 Å². The Morgan fingerprint density at radius 1 is 1.21 bits per heavy atom. The third-order valence-electron chi connectivity index (χ3n) is 4.03. The van der Waals surface area contributed by atoms with Crippen molar-refractivity contribution in [2.75, 3.05) is 33.7 Å². The third kappa shape index (κ3) is 5.00. The van der Waals surface area contributed by atoms with Crippen molar-refractivity contribution < 1.29 is 18.8 Å².